The number of hydrogen-bond acceptors (Lipinski definition) is 4. The first kappa shape index (κ1) is 17.4. The van der Waals surface area contributed by atoms with Crippen LogP contribution >= 0.6 is 0 Å². The number of amides is 1. The molecule has 1 N–H and O–H groups in total. The fourth-order valence-electron chi connectivity index (χ4n) is 2.87. The third-order valence-electron chi connectivity index (χ3n) is 4.25. The number of carbonyl (C=O) groups is 1. The Morgan fingerprint density at radius 2 is 1.52 bits per heavy atom. The van der Waals surface area contributed by atoms with E-state index in [1.54, 1.807) is 35.2 Å². The van der Waals surface area contributed by atoms with Crippen molar-refractivity contribution >= 4 is 15.9 Å². The van der Waals surface area contributed by atoms with Crippen LogP contribution in [-0.2, 0) is 15.8 Å². The summed E-state index contributed by atoms with van der Waals surface area (Å²) in [7, 11) is -3.41. The Kier molecular flexibility index (Phi) is 5.06. The minimum atomic E-state index is -3.41. The van der Waals surface area contributed by atoms with Crippen molar-refractivity contribution in [3.05, 3.63) is 65.7 Å². The van der Waals surface area contributed by atoms with Gasteiger partial charge < -0.3 is 10.0 Å². The Labute approximate surface area is 147 Å². The lowest BCUT2D eigenvalue weighted by Gasteiger charge is -2.34. The predicted octanol–water partition coefficient (Wildman–Crippen LogP) is 1.68. The number of aromatic hydroxyl groups is 1. The van der Waals surface area contributed by atoms with Crippen LogP contribution in [0.15, 0.2) is 54.6 Å². The molecular weight excluding hydrogens is 340 g/mol. The van der Waals surface area contributed by atoms with Crippen molar-refractivity contribution in [3.63, 3.8) is 0 Å². The van der Waals surface area contributed by atoms with Crippen molar-refractivity contribution in [2.24, 2.45) is 0 Å². The molecule has 0 saturated carbocycles. The maximum absolute atomic E-state index is 12.5. The lowest BCUT2D eigenvalue weighted by Crippen LogP contribution is -2.50. The van der Waals surface area contributed by atoms with Crippen LogP contribution in [0.1, 0.15) is 15.9 Å². The summed E-state index contributed by atoms with van der Waals surface area (Å²) in [5, 5.41) is 9.80. The number of phenols is 1. The highest BCUT2D eigenvalue weighted by atomic mass is 32.2. The second-order valence-corrected chi connectivity index (χ2v) is 7.92. The number of hydrogen-bond donors (Lipinski definition) is 1. The first-order valence-corrected chi connectivity index (χ1v) is 9.67. The molecule has 1 amide bonds. The number of nitrogens with zero attached hydrogens (tertiary/aromatic N) is 2. The van der Waals surface area contributed by atoms with Gasteiger partial charge in [-0.3, -0.25) is 4.79 Å². The van der Waals surface area contributed by atoms with E-state index < -0.39 is 10.0 Å². The van der Waals surface area contributed by atoms with Gasteiger partial charge in [0, 0.05) is 26.2 Å². The van der Waals surface area contributed by atoms with Crippen LogP contribution in [0.25, 0.3) is 0 Å². The van der Waals surface area contributed by atoms with Gasteiger partial charge in [0.15, 0.2) is 0 Å². The van der Waals surface area contributed by atoms with E-state index >= 15 is 0 Å². The Bertz CT molecular complexity index is 844. The number of rotatable bonds is 4. The fraction of sp³-hybridized carbons (Fsp3) is 0.278. The van der Waals surface area contributed by atoms with E-state index in [1.165, 1.54) is 10.4 Å². The molecule has 0 unspecified atom stereocenters. The van der Waals surface area contributed by atoms with E-state index in [0.29, 0.717) is 13.1 Å². The molecule has 1 fully saturated rings. The smallest absolute Gasteiger partial charge is 0.257 e. The lowest BCUT2D eigenvalue weighted by molar-refractivity contribution is 0.0694. The third kappa shape index (κ3) is 4.00. The zero-order chi connectivity index (χ0) is 17.9. The topological polar surface area (TPSA) is 77.9 Å². The van der Waals surface area contributed by atoms with Crippen molar-refractivity contribution in [2.45, 2.75) is 5.75 Å². The van der Waals surface area contributed by atoms with Crippen LogP contribution < -0.4 is 0 Å². The first-order valence-electron chi connectivity index (χ1n) is 8.06. The maximum atomic E-state index is 12.5. The van der Waals surface area contributed by atoms with Gasteiger partial charge >= 0.3 is 0 Å². The van der Waals surface area contributed by atoms with Crippen molar-refractivity contribution in [3.8, 4) is 5.75 Å². The van der Waals surface area contributed by atoms with Gasteiger partial charge in [-0.05, 0) is 17.7 Å². The van der Waals surface area contributed by atoms with Crippen molar-refractivity contribution in [1.29, 1.82) is 0 Å². The standard InChI is InChI=1S/C18H20N2O4S/c21-17-9-5-4-8-16(17)18(22)19-10-12-20(13-11-19)25(23,24)14-15-6-2-1-3-7-15/h1-9,21H,10-14H2. The first-order chi connectivity index (χ1) is 12.0. The summed E-state index contributed by atoms with van der Waals surface area (Å²) in [6.07, 6.45) is 0. The second kappa shape index (κ2) is 7.25. The molecule has 0 bridgehead atoms. The normalized spacial score (nSPS) is 15.9. The van der Waals surface area contributed by atoms with Gasteiger partial charge in [0.05, 0.1) is 11.3 Å². The summed E-state index contributed by atoms with van der Waals surface area (Å²) in [6.45, 7) is 1.13. The Morgan fingerprint density at radius 1 is 0.920 bits per heavy atom. The van der Waals surface area contributed by atoms with E-state index in [0.717, 1.165) is 5.56 Å². The van der Waals surface area contributed by atoms with E-state index in [-0.39, 0.29) is 36.1 Å². The van der Waals surface area contributed by atoms with Gasteiger partial charge in [-0.2, -0.15) is 4.31 Å². The zero-order valence-electron chi connectivity index (χ0n) is 13.7. The molecule has 2 aromatic rings. The Hall–Kier alpha value is -2.38. The van der Waals surface area contributed by atoms with Crippen LogP contribution in [0.3, 0.4) is 0 Å². The molecule has 0 aliphatic carbocycles. The summed E-state index contributed by atoms with van der Waals surface area (Å²) in [5.74, 6) is -0.383. The molecule has 1 aliphatic rings. The Morgan fingerprint density at radius 3 is 2.16 bits per heavy atom. The molecule has 25 heavy (non-hydrogen) atoms. The number of sulfonamides is 1. The molecule has 0 aromatic heterocycles. The van der Waals surface area contributed by atoms with Crippen molar-refractivity contribution in [2.75, 3.05) is 26.2 Å². The van der Waals surface area contributed by atoms with Gasteiger partial charge in [0.2, 0.25) is 10.0 Å². The number of piperazine rings is 1. The number of para-hydroxylation sites is 1. The van der Waals surface area contributed by atoms with Crippen LogP contribution in [0.5, 0.6) is 5.75 Å². The molecule has 3 rings (SSSR count). The van der Waals surface area contributed by atoms with E-state index in [2.05, 4.69) is 0 Å². The van der Waals surface area contributed by atoms with Gasteiger partial charge in [0.1, 0.15) is 5.75 Å². The maximum Gasteiger partial charge on any atom is 0.257 e. The summed E-state index contributed by atoms with van der Waals surface area (Å²) in [4.78, 5) is 14.0. The summed E-state index contributed by atoms with van der Waals surface area (Å²) in [6, 6.07) is 15.4. The monoisotopic (exact) mass is 360 g/mol. The van der Waals surface area contributed by atoms with E-state index in [9.17, 15) is 18.3 Å². The molecule has 1 aliphatic heterocycles. The minimum absolute atomic E-state index is 0.0404. The van der Waals surface area contributed by atoms with Crippen molar-refractivity contribution in [1.82, 2.24) is 9.21 Å². The van der Waals surface area contributed by atoms with Crippen LogP contribution in [0.2, 0.25) is 0 Å². The molecule has 1 heterocycles. The molecular formula is C18H20N2O4S. The molecule has 2 aromatic carbocycles. The third-order valence-corrected chi connectivity index (χ3v) is 6.10. The van der Waals surface area contributed by atoms with Crippen LogP contribution in [0, 0.1) is 0 Å². The average Bonchev–Trinajstić information content (AvgIpc) is 2.62. The summed E-state index contributed by atoms with van der Waals surface area (Å²) in [5.41, 5.74) is 0.985. The lowest BCUT2D eigenvalue weighted by atomic mass is 10.1. The predicted molar refractivity (Wildman–Crippen MR) is 94.6 cm³/mol. The minimum Gasteiger partial charge on any atom is -0.507 e. The summed E-state index contributed by atoms with van der Waals surface area (Å²) < 4.78 is 26.5. The van der Waals surface area contributed by atoms with Gasteiger partial charge in [0.25, 0.3) is 5.91 Å². The average molecular weight is 360 g/mol. The highest BCUT2D eigenvalue weighted by molar-refractivity contribution is 7.88. The van der Waals surface area contributed by atoms with Crippen LogP contribution in [-0.4, -0.2) is 54.8 Å². The number of carbonyl (C=O) groups excluding carboxylic acids is 1. The fourth-order valence-corrected chi connectivity index (χ4v) is 4.39. The molecule has 0 atom stereocenters. The van der Waals surface area contributed by atoms with E-state index in [1.807, 2.05) is 18.2 Å². The van der Waals surface area contributed by atoms with Gasteiger partial charge in [-0.1, -0.05) is 42.5 Å². The number of phenolic OH excluding ortho intramolecular Hbond substituents is 1. The zero-order valence-corrected chi connectivity index (χ0v) is 14.5. The van der Waals surface area contributed by atoms with Gasteiger partial charge in [-0.25, -0.2) is 8.42 Å². The van der Waals surface area contributed by atoms with E-state index in [4.69, 9.17) is 0 Å². The largest absolute Gasteiger partial charge is 0.507 e. The molecule has 132 valence electrons. The highest BCUT2D eigenvalue weighted by Gasteiger charge is 2.29. The quantitative estimate of drug-likeness (QED) is 0.900. The van der Waals surface area contributed by atoms with Crippen molar-refractivity contribution < 1.29 is 18.3 Å². The summed E-state index contributed by atoms with van der Waals surface area (Å²) >= 11 is 0. The molecule has 6 nitrogen and oxygen atoms in total. The highest BCUT2D eigenvalue weighted by Crippen LogP contribution is 2.20. The molecule has 1 saturated heterocycles. The molecule has 0 radical (unpaired) electrons. The Balaban J connectivity index is 1.63. The molecule has 0 spiro atoms. The molecule has 7 heteroatoms. The second-order valence-electron chi connectivity index (χ2n) is 5.95. The number of benzene rings is 2. The SMILES string of the molecule is O=C(c1ccccc1O)N1CCN(S(=O)(=O)Cc2ccccc2)CC1. The van der Waals surface area contributed by atoms with Gasteiger partial charge in [-0.15, -0.1) is 0 Å². The van der Waals surface area contributed by atoms with Crippen LogP contribution in [0.4, 0.5) is 0 Å².